The number of rotatable bonds is 17. The van der Waals surface area contributed by atoms with E-state index in [-0.39, 0.29) is 68.2 Å². The van der Waals surface area contributed by atoms with Crippen molar-refractivity contribution in [3.63, 3.8) is 0 Å². The first-order valence-electron chi connectivity index (χ1n) is 14.3. The Bertz CT molecular complexity index is 1140. The largest absolute Gasteiger partial charge is 0.467 e. The predicted molar refractivity (Wildman–Crippen MR) is 172 cm³/mol. The summed E-state index contributed by atoms with van der Waals surface area (Å²) >= 11 is 0. The Morgan fingerprint density at radius 3 is 2.16 bits per heavy atom. The quantitative estimate of drug-likeness (QED) is 0.139. The van der Waals surface area contributed by atoms with Crippen LogP contribution in [0.15, 0.2) is 42.9 Å². The average Bonchev–Trinajstić information content (AvgIpc) is 3.43. The number of ether oxygens (including phenoxy) is 1. The van der Waals surface area contributed by atoms with Gasteiger partial charge in [0.05, 0.1) is 32.0 Å². The highest BCUT2D eigenvalue weighted by Gasteiger charge is 2.30. The monoisotopic (exact) mass is 658 g/mol. The van der Waals surface area contributed by atoms with Crippen LogP contribution in [0.4, 0.5) is 0 Å². The number of carbonyl (C=O) groups is 4. The smallest absolute Gasteiger partial charge is 0.328 e. The molecule has 0 fully saturated rings. The van der Waals surface area contributed by atoms with E-state index in [0.29, 0.717) is 6.42 Å². The Kier molecular flexibility index (Phi) is 19.2. The van der Waals surface area contributed by atoms with Crippen LogP contribution in [0.2, 0.25) is 0 Å². The summed E-state index contributed by atoms with van der Waals surface area (Å²) in [7, 11) is 1.25. The van der Waals surface area contributed by atoms with E-state index in [0.717, 1.165) is 11.3 Å². The van der Waals surface area contributed by atoms with Crippen molar-refractivity contribution in [3.05, 3.63) is 54.1 Å². The summed E-state index contributed by atoms with van der Waals surface area (Å²) in [4.78, 5) is 58.0. The van der Waals surface area contributed by atoms with E-state index < -0.39 is 48.1 Å². The molecule has 3 amide bonds. The third kappa shape index (κ3) is 14.5. The van der Waals surface area contributed by atoms with Crippen molar-refractivity contribution in [1.29, 1.82) is 0 Å². The lowest BCUT2D eigenvalue weighted by molar-refractivity contribution is -0.145. The highest BCUT2D eigenvalue weighted by molar-refractivity contribution is 5.91. The number of hydrogen-bond donors (Lipinski definition) is 6. The highest BCUT2D eigenvalue weighted by Crippen LogP contribution is 2.14. The minimum Gasteiger partial charge on any atom is -0.467 e. The number of esters is 1. The first kappa shape index (κ1) is 40.8. The number of aromatic nitrogens is 2. The normalized spacial score (nSPS) is 14.2. The van der Waals surface area contributed by atoms with Crippen molar-refractivity contribution in [1.82, 2.24) is 25.9 Å². The van der Waals surface area contributed by atoms with Gasteiger partial charge in [-0.1, -0.05) is 58.0 Å². The molecular weight excluding hydrogens is 611 g/mol. The Morgan fingerprint density at radius 1 is 0.955 bits per heavy atom. The number of hydrogen-bond acceptors (Lipinski definition) is 8. The second-order valence-electron chi connectivity index (χ2n) is 11.4. The van der Waals surface area contributed by atoms with Crippen LogP contribution < -0.4 is 21.7 Å². The molecule has 0 saturated carbocycles. The molecule has 2 aromatic rings. The average molecular weight is 660 g/mol. The van der Waals surface area contributed by atoms with Gasteiger partial charge in [0.2, 0.25) is 17.7 Å². The number of amides is 3. The number of carbonyl (C=O) groups excluding carboxylic acids is 4. The summed E-state index contributed by atoms with van der Waals surface area (Å²) in [6.07, 6.45) is 2.99. The van der Waals surface area contributed by atoms with Gasteiger partial charge >= 0.3 is 5.97 Å². The van der Waals surface area contributed by atoms with Crippen molar-refractivity contribution in [2.75, 3.05) is 7.11 Å². The van der Waals surface area contributed by atoms with Crippen molar-refractivity contribution in [2.24, 2.45) is 17.6 Å². The molecule has 0 aliphatic rings. The van der Waals surface area contributed by atoms with Gasteiger partial charge in [0.1, 0.15) is 12.1 Å². The molecule has 5 atom stereocenters. The van der Waals surface area contributed by atoms with Crippen LogP contribution in [0.25, 0.3) is 0 Å². The number of aliphatic hydroxyl groups excluding tert-OH is 1. The number of H-pyrrole nitrogens is 1. The molecule has 0 aliphatic carbocycles. The second-order valence-corrected chi connectivity index (χ2v) is 11.4. The number of halogens is 2. The number of nitrogens with one attached hydrogen (secondary N) is 4. The fraction of sp³-hybridized carbons (Fsp3) is 0.567. The van der Waals surface area contributed by atoms with E-state index in [4.69, 9.17) is 10.5 Å². The Hall–Kier alpha value is -3.19. The molecule has 0 bridgehead atoms. The molecule has 44 heavy (non-hydrogen) atoms. The molecule has 7 N–H and O–H groups in total. The van der Waals surface area contributed by atoms with Crippen LogP contribution in [0.1, 0.15) is 58.2 Å². The third-order valence-electron chi connectivity index (χ3n) is 6.76. The summed E-state index contributed by atoms with van der Waals surface area (Å²) in [5.74, 6) is -2.11. The fourth-order valence-electron chi connectivity index (χ4n) is 4.66. The molecule has 248 valence electrons. The van der Waals surface area contributed by atoms with Crippen molar-refractivity contribution >= 4 is 48.5 Å². The summed E-state index contributed by atoms with van der Waals surface area (Å²) in [5.41, 5.74) is 7.63. The summed E-state index contributed by atoms with van der Waals surface area (Å²) < 4.78 is 4.88. The number of imidazole rings is 1. The van der Waals surface area contributed by atoms with Crippen LogP contribution in [0.5, 0.6) is 0 Å². The summed E-state index contributed by atoms with van der Waals surface area (Å²) in [6, 6.07) is 6.11. The maximum atomic E-state index is 13.2. The minimum atomic E-state index is -1.07. The topological polar surface area (TPSA) is 189 Å². The predicted octanol–water partition coefficient (Wildman–Crippen LogP) is 1.84. The van der Waals surface area contributed by atoms with Gasteiger partial charge in [0.15, 0.2) is 0 Å². The number of nitrogens with zero attached hydrogens (tertiary/aromatic N) is 1. The van der Waals surface area contributed by atoms with E-state index in [1.165, 1.54) is 13.4 Å². The molecule has 2 unspecified atom stereocenters. The zero-order valence-electron chi connectivity index (χ0n) is 25.9. The molecule has 0 spiro atoms. The zero-order chi connectivity index (χ0) is 31.2. The third-order valence-corrected chi connectivity index (χ3v) is 6.76. The van der Waals surface area contributed by atoms with Gasteiger partial charge in [-0.3, -0.25) is 14.4 Å². The molecule has 0 radical (unpaired) electrons. The van der Waals surface area contributed by atoms with Gasteiger partial charge in [-0.05, 0) is 30.2 Å². The molecule has 12 nitrogen and oxygen atoms in total. The highest BCUT2D eigenvalue weighted by atomic mass is 35.5. The summed E-state index contributed by atoms with van der Waals surface area (Å²) in [6.45, 7) is 7.53. The molecule has 2 rings (SSSR count). The van der Waals surface area contributed by atoms with Crippen molar-refractivity contribution < 1.29 is 29.0 Å². The van der Waals surface area contributed by atoms with Gasteiger partial charge in [-0.2, -0.15) is 0 Å². The molecule has 0 aliphatic heterocycles. The lowest BCUT2D eigenvalue weighted by Gasteiger charge is -2.26. The van der Waals surface area contributed by atoms with E-state index >= 15 is 0 Å². The maximum absolute atomic E-state index is 13.2. The van der Waals surface area contributed by atoms with Gasteiger partial charge in [-0.15, -0.1) is 24.8 Å². The number of methoxy groups -OCH3 is 1. The van der Waals surface area contributed by atoms with Crippen molar-refractivity contribution in [3.8, 4) is 0 Å². The Morgan fingerprint density at radius 2 is 1.61 bits per heavy atom. The number of aliphatic hydroxyl groups is 1. The van der Waals surface area contributed by atoms with Crippen molar-refractivity contribution in [2.45, 2.75) is 90.1 Å². The second kappa shape index (κ2) is 20.7. The Balaban J connectivity index is 0.00000924. The van der Waals surface area contributed by atoms with Gasteiger partial charge in [0.25, 0.3) is 0 Å². The number of nitrogens with two attached hydrogens (primary N) is 1. The van der Waals surface area contributed by atoms with Crippen LogP contribution in [-0.2, 0) is 36.8 Å². The Labute approximate surface area is 271 Å². The van der Waals surface area contributed by atoms with Crippen LogP contribution in [-0.4, -0.2) is 76.1 Å². The fourth-order valence-corrected chi connectivity index (χ4v) is 4.66. The number of aromatic amines is 1. The van der Waals surface area contributed by atoms with Crippen LogP contribution in [0, 0.1) is 11.8 Å². The number of benzene rings is 1. The van der Waals surface area contributed by atoms with Gasteiger partial charge < -0.3 is 36.5 Å². The van der Waals surface area contributed by atoms with Crippen LogP contribution in [0.3, 0.4) is 0 Å². The molecular formula is C30H48Cl2N6O6. The van der Waals surface area contributed by atoms with E-state index in [1.54, 1.807) is 20.0 Å². The van der Waals surface area contributed by atoms with Gasteiger partial charge in [0, 0.05) is 30.8 Å². The van der Waals surface area contributed by atoms with Gasteiger partial charge in [-0.25, -0.2) is 9.78 Å². The first-order valence-corrected chi connectivity index (χ1v) is 14.3. The van der Waals surface area contributed by atoms with E-state index in [9.17, 15) is 24.3 Å². The lowest BCUT2D eigenvalue weighted by atomic mass is 9.96. The minimum absolute atomic E-state index is 0. The SMILES string of the molecule is COC(=O)[C@H](Cc1ccccc1)NC(=O)[C@@H](NC(=O)CC(O)CC(CC(C)C)NC(=O)[C@@H](N)Cc1cnc[nH]1)C(C)C.Cl.Cl. The molecule has 1 heterocycles. The molecule has 1 aromatic heterocycles. The molecule has 0 saturated heterocycles. The first-order chi connectivity index (χ1) is 19.9. The standard InChI is InChI=1S/C30H46N6O6.2ClH/c1-18(2)11-21(34-28(39)24(31)14-22-16-32-17-33-22)13-23(37)15-26(38)36-27(19(3)4)29(40)35-25(30(41)42-5)12-20-9-7-6-8-10-20;;/h6-10,16-19,21,23-25,27,37H,11-15,31H2,1-5H3,(H,32,33)(H,34,39)(H,35,40)(H,36,38);2*1H/t21?,23?,24-,25-,27-;;/m0../s1. The van der Waals surface area contributed by atoms with E-state index in [1.807, 2.05) is 44.2 Å². The van der Waals surface area contributed by atoms with E-state index in [2.05, 4.69) is 25.9 Å². The summed E-state index contributed by atoms with van der Waals surface area (Å²) in [5, 5.41) is 19.0. The zero-order valence-corrected chi connectivity index (χ0v) is 27.6. The maximum Gasteiger partial charge on any atom is 0.328 e. The molecule has 14 heteroatoms. The lowest BCUT2D eigenvalue weighted by Crippen LogP contribution is -2.54. The van der Waals surface area contributed by atoms with Crippen LogP contribution >= 0.6 is 24.8 Å². The molecule has 1 aromatic carbocycles.